The maximum atomic E-state index is 5.21. The molecule has 76 valence electrons. The summed E-state index contributed by atoms with van der Waals surface area (Å²) in [6.45, 7) is 4.24. The van der Waals surface area contributed by atoms with Gasteiger partial charge >= 0.3 is 0 Å². The average Bonchev–Trinajstić information content (AvgIpc) is 2.52. The molecule has 1 heterocycles. The molecule has 0 fully saturated rings. The Morgan fingerprint density at radius 3 is 2.93 bits per heavy atom. The van der Waals surface area contributed by atoms with E-state index in [1.165, 1.54) is 0 Å². The lowest BCUT2D eigenvalue weighted by Crippen LogP contribution is -2.23. The van der Waals surface area contributed by atoms with Crippen LogP contribution in [-0.2, 0) is 0 Å². The fraction of sp³-hybridized carbons (Fsp3) is 0.333. The third-order valence-corrected chi connectivity index (χ3v) is 1.81. The van der Waals surface area contributed by atoms with E-state index in [4.69, 9.17) is 5.73 Å². The summed E-state index contributed by atoms with van der Waals surface area (Å²) in [5, 5.41) is 4.03. The van der Waals surface area contributed by atoms with Crippen LogP contribution >= 0.6 is 12.2 Å². The number of nitrogens with one attached hydrogen (secondary N) is 1. The van der Waals surface area contributed by atoms with E-state index >= 15 is 0 Å². The van der Waals surface area contributed by atoms with E-state index in [1.54, 1.807) is 6.21 Å². The molecule has 14 heavy (non-hydrogen) atoms. The maximum Gasteiger partial charge on any atom is 0.184 e. The van der Waals surface area contributed by atoms with Crippen LogP contribution in [0.3, 0.4) is 0 Å². The summed E-state index contributed by atoms with van der Waals surface area (Å²) in [5.74, 6) is 0. The molecule has 0 unspecified atom stereocenters. The van der Waals surface area contributed by atoms with Crippen molar-refractivity contribution in [3.8, 4) is 0 Å². The zero-order valence-corrected chi connectivity index (χ0v) is 9.08. The highest BCUT2D eigenvalue weighted by Gasteiger charge is 1.96. The Balaban J connectivity index is 2.59. The van der Waals surface area contributed by atoms with Gasteiger partial charge in [0.2, 0.25) is 0 Å². The second-order valence-electron chi connectivity index (χ2n) is 3.22. The predicted octanol–water partition coefficient (Wildman–Crippen LogP) is 1.24. The molecule has 0 spiro atoms. The lowest BCUT2D eigenvalue weighted by molar-refractivity contribution is 0.603. The van der Waals surface area contributed by atoms with E-state index in [2.05, 4.69) is 41.2 Å². The maximum absolute atomic E-state index is 5.21. The van der Waals surface area contributed by atoms with Gasteiger partial charge in [0.1, 0.15) is 0 Å². The van der Waals surface area contributed by atoms with E-state index in [0.29, 0.717) is 6.04 Å². The van der Waals surface area contributed by atoms with Gasteiger partial charge in [0, 0.05) is 24.0 Å². The van der Waals surface area contributed by atoms with Crippen molar-refractivity contribution >= 4 is 23.5 Å². The van der Waals surface area contributed by atoms with Crippen molar-refractivity contribution in [1.29, 1.82) is 0 Å². The zero-order valence-electron chi connectivity index (χ0n) is 8.27. The number of hydrogen-bond donors (Lipinski definition) is 2. The van der Waals surface area contributed by atoms with Crippen LogP contribution in [0.15, 0.2) is 23.6 Å². The Labute approximate surface area is 88.8 Å². The van der Waals surface area contributed by atoms with E-state index in [-0.39, 0.29) is 5.11 Å². The molecule has 0 amide bonds. The molecule has 1 aromatic rings. The van der Waals surface area contributed by atoms with Crippen LogP contribution in [0.25, 0.3) is 0 Å². The molecule has 0 atom stereocenters. The first-order valence-electron chi connectivity index (χ1n) is 4.35. The SMILES string of the molecule is CC(C)n1ccc(/C=N\NC(N)=S)c1. The predicted molar refractivity (Wildman–Crippen MR) is 62.3 cm³/mol. The Morgan fingerprint density at radius 2 is 2.43 bits per heavy atom. The van der Waals surface area contributed by atoms with Gasteiger partial charge in [0.25, 0.3) is 0 Å². The van der Waals surface area contributed by atoms with E-state index < -0.39 is 0 Å². The third kappa shape index (κ3) is 3.18. The number of aromatic nitrogens is 1. The molecule has 0 aliphatic rings. The fourth-order valence-corrected chi connectivity index (χ4v) is 1.05. The van der Waals surface area contributed by atoms with Crippen LogP contribution in [0.5, 0.6) is 0 Å². The van der Waals surface area contributed by atoms with E-state index in [1.807, 2.05) is 18.5 Å². The summed E-state index contributed by atoms with van der Waals surface area (Å²) >= 11 is 4.61. The topological polar surface area (TPSA) is 55.3 Å². The molecule has 0 aliphatic carbocycles. The van der Waals surface area contributed by atoms with Crippen molar-refractivity contribution in [3.05, 3.63) is 24.0 Å². The molecule has 5 heteroatoms. The highest BCUT2D eigenvalue weighted by atomic mass is 32.1. The van der Waals surface area contributed by atoms with Crippen molar-refractivity contribution < 1.29 is 0 Å². The number of hydrazone groups is 1. The van der Waals surface area contributed by atoms with Crippen molar-refractivity contribution in [2.75, 3.05) is 0 Å². The smallest absolute Gasteiger partial charge is 0.184 e. The van der Waals surface area contributed by atoms with Crippen molar-refractivity contribution in [2.45, 2.75) is 19.9 Å². The van der Waals surface area contributed by atoms with Crippen molar-refractivity contribution in [3.63, 3.8) is 0 Å². The fourth-order valence-electron chi connectivity index (χ4n) is 0.998. The molecule has 0 bridgehead atoms. The van der Waals surface area contributed by atoms with Gasteiger partial charge in [-0.15, -0.1) is 0 Å². The molecule has 1 aromatic heterocycles. The molecule has 3 N–H and O–H groups in total. The molecule has 1 rings (SSSR count). The van der Waals surface area contributed by atoms with Gasteiger partial charge in [-0.25, -0.2) is 0 Å². The quantitative estimate of drug-likeness (QED) is 0.448. The summed E-state index contributed by atoms with van der Waals surface area (Å²) in [7, 11) is 0. The zero-order chi connectivity index (χ0) is 10.6. The third-order valence-electron chi connectivity index (χ3n) is 1.72. The Hall–Kier alpha value is -1.36. The standard InChI is InChI=1S/C9H14N4S/c1-7(2)13-4-3-8(6-13)5-11-12-9(10)14/h3-7H,1-2H3,(H3,10,12,14)/b11-5-. The van der Waals surface area contributed by atoms with E-state index in [0.717, 1.165) is 5.56 Å². The van der Waals surface area contributed by atoms with Crippen LogP contribution < -0.4 is 11.2 Å². The minimum Gasteiger partial charge on any atom is -0.375 e. The lowest BCUT2D eigenvalue weighted by Gasteiger charge is -2.04. The Kier molecular flexibility index (Phi) is 3.64. The van der Waals surface area contributed by atoms with Crippen molar-refractivity contribution in [1.82, 2.24) is 9.99 Å². The molecular weight excluding hydrogens is 196 g/mol. The molecule has 0 saturated carbocycles. The number of hydrogen-bond acceptors (Lipinski definition) is 2. The van der Waals surface area contributed by atoms with Gasteiger partial charge in [-0.3, -0.25) is 5.43 Å². The lowest BCUT2D eigenvalue weighted by atomic mass is 10.4. The first kappa shape index (κ1) is 10.7. The van der Waals surface area contributed by atoms with Gasteiger partial charge in [-0.1, -0.05) is 0 Å². The molecular formula is C9H14N4S. The summed E-state index contributed by atoms with van der Waals surface area (Å²) in [6.07, 6.45) is 5.69. The minimum atomic E-state index is 0.171. The highest BCUT2D eigenvalue weighted by Crippen LogP contribution is 2.06. The summed E-state index contributed by atoms with van der Waals surface area (Å²) in [6, 6.07) is 2.44. The number of thiocarbonyl (C=S) groups is 1. The summed E-state index contributed by atoms with van der Waals surface area (Å²) < 4.78 is 2.10. The van der Waals surface area contributed by atoms with Crippen LogP contribution in [0, 0.1) is 0 Å². The molecule has 0 radical (unpaired) electrons. The molecule has 0 saturated heterocycles. The number of nitrogens with two attached hydrogens (primary N) is 1. The second-order valence-corrected chi connectivity index (χ2v) is 3.66. The first-order valence-corrected chi connectivity index (χ1v) is 4.76. The van der Waals surface area contributed by atoms with Crippen LogP contribution in [0.2, 0.25) is 0 Å². The van der Waals surface area contributed by atoms with Gasteiger partial charge < -0.3 is 10.3 Å². The highest BCUT2D eigenvalue weighted by molar-refractivity contribution is 7.80. The average molecular weight is 210 g/mol. The Morgan fingerprint density at radius 1 is 1.71 bits per heavy atom. The molecule has 0 aliphatic heterocycles. The number of nitrogens with zero attached hydrogens (tertiary/aromatic N) is 2. The first-order chi connectivity index (χ1) is 6.59. The normalized spacial score (nSPS) is 11.1. The van der Waals surface area contributed by atoms with Crippen molar-refractivity contribution in [2.24, 2.45) is 10.8 Å². The van der Waals surface area contributed by atoms with Crippen LogP contribution in [0.4, 0.5) is 0 Å². The van der Waals surface area contributed by atoms with E-state index in [9.17, 15) is 0 Å². The monoisotopic (exact) mass is 210 g/mol. The second kappa shape index (κ2) is 4.76. The largest absolute Gasteiger partial charge is 0.375 e. The molecule has 0 aromatic carbocycles. The van der Waals surface area contributed by atoms with Crippen LogP contribution in [0.1, 0.15) is 25.5 Å². The van der Waals surface area contributed by atoms with Gasteiger partial charge in [0.05, 0.1) is 6.21 Å². The van der Waals surface area contributed by atoms with Gasteiger partial charge in [0.15, 0.2) is 5.11 Å². The minimum absolute atomic E-state index is 0.171. The summed E-state index contributed by atoms with van der Waals surface area (Å²) in [5.41, 5.74) is 8.73. The van der Waals surface area contributed by atoms with Gasteiger partial charge in [-0.2, -0.15) is 5.10 Å². The number of rotatable bonds is 3. The molecule has 4 nitrogen and oxygen atoms in total. The van der Waals surface area contributed by atoms with Crippen LogP contribution in [-0.4, -0.2) is 15.9 Å². The summed E-state index contributed by atoms with van der Waals surface area (Å²) in [4.78, 5) is 0. The van der Waals surface area contributed by atoms with Gasteiger partial charge in [-0.05, 0) is 32.1 Å². The Bertz CT molecular complexity index is 340.